The second-order valence-corrected chi connectivity index (χ2v) is 6.15. The molecule has 1 fully saturated rings. The minimum Gasteiger partial charge on any atom is -0.356 e. The highest BCUT2D eigenvalue weighted by atomic mass is 127. The van der Waals surface area contributed by atoms with Gasteiger partial charge in [-0.2, -0.15) is 0 Å². The highest BCUT2D eigenvalue weighted by Gasteiger charge is 2.20. The van der Waals surface area contributed by atoms with Gasteiger partial charge in [0.25, 0.3) is 0 Å². The van der Waals surface area contributed by atoms with E-state index in [1.54, 1.807) is 0 Å². The first-order chi connectivity index (χ1) is 9.28. The summed E-state index contributed by atoms with van der Waals surface area (Å²) in [5.74, 6) is 2.85. The van der Waals surface area contributed by atoms with Gasteiger partial charge >= 0.3 is 0 Å². The summed E-state index contributed by atoms with van der Waals surface area (Å²) in [7, 11) is 1.83. The Morgan fingerprint density at radius 2 is 1.95 bits per heavy atom. The van der Waals surface area contributed by atoms with E-state index in [9.17, 15) is 0 Å². The topological polar surface area (TPSA) is 36.4 Å². The first-order valence-corrected chi connectivity index (χ1v) is 7.90. The second-order valence-electron chi connectivity index (χ2n) is 4.98. The fourth-order valence-corrected chi connectivity index (χ4v) is 2.52. The lowest BCUT2D eigenvalue weighted by Gasteiger charge is -2.11. The minimum absolute atomic E-state index is 0. The molecule has 5 heteroatoms. The molecule has 0 spiro atoms. The van der Waals surface area contributed by atoms with Crippen LogP contribution in [0.2, 0.25) is 0 Å². The summed E-state index contributed by atoms with van der Waals surface area (Å²) in [5, 5.41) is 6.72. The van der Waals surface area contributed by atoms with E-state index in [0.29, 0.717) is 0 Å². The summed E-state index contributed by atoms with van der Waals surface area (Å²) in [6.07, 6.45) is 2.74. The van der Waals surface area contributed by atoms with E-state index in [1.807, 2.05) is 18.8 Å². The molecule has 2 rings (SSSR count). The predicted molar refractivity (Wildman–Crippen MR) is 99.4 cm³/mol. The van der Waals surface area contributed by atoms with E-state index in [4.69, 9.17) is 0 Å². The van der Waals surface area contributed by atoms with Gasteiger partial charge in [0.1, 0.15) is 0 Å². The van der Waals surface area contributed by atoms with Crippen molar-refractivity contribution < 1.29 is 0 Å². The van der Waals surface area contributed by atoms with Crippen LogP contribution >= 0.6 is 35.7 Å². The summed E-state index contributed by atoms with van der Waals surface area (Å²) in [6.45, 7) is 4.11. The van der Waals surface area contributed by atoms with E-state index in [1.165, 1.54) is 23.3 Å². The normalized spacial score (nSPS) is 14.6. The Hall–Kier alpha value is -0.430. The number of benzene rings is 1. The Kier molecular flexibility index (Phi) is 8.37. The Balaban J connectivity index is 0.00000200. The third kappa shape index (κ3) is 6.83. The smallest absolute Gasteiger partial charge is 0.191 e. The molecule has 0 aliphatic heterocycles. The lowest BCUT2D eigenvalue weighted by Crippen LogP contribution is -2.39. The van der Waals surface area contributed by atoms with Gasteiger partial charge in [0.15, 0.2) is 5.96 Å². The van der Waals surface area contributed by atoms with Crippen molar-refractivity contribution in [1.82, 2.24) is 10.6 Å². The summed E-state index contributed by atoms with van der Waals surface area (Å²) >= 11 is 1.87. The molecule has 0 aromatic heterocycles. The molecule has 1 aliphatic carbocycles. The number of halogens is 1. The number of nitrogens with one attached hydrogen (secondary N) is 2. The van der Waals surface area contributed by atoms with Gasteiger partial charge in [0.2, 0.25) is 0 Å². The quantitative estimate of drug-likeness (QED) is 0.251. The van der Waals surface area contributed by atoms with Crippen molar-refractivity contribution in [2.45, 2.75) is 24.7 Å². The second kappa shape index (κ2) is 9.50. The number of aliphatic imine (C=N–C) groups is 1. The maximum atomic E-state index is 4.23. The number of guanidine groups is 1. The molecule has 2 N–H and O–H groups in total. The van der Waals surface area contributed by atoms with Crippen molar-refractivity contribution in [3.8, 4) is 0 Å². The molecule has 1 aromatic rings. The van der Waals surface area contributed by atoms with Gasteiger partial charge in [-0.05, 0) is 37.8 Å². The van der Waals surface area contributed by atoms with E-state index in [-0.39, 0.29) is 24.0 Å². The van der Waals surface area contributed by atoms with Crippen LogP contribution in [0.4, 0.5) is 0 Å². The zero-order valence-corrected chi connectivity index (χ0v) is 15.3. The number of rotatable bonds is 6. The molecule has 0 amide bonds. The summed E-state index contributed by atoms with van der Waals surface area (Å²) in [6, 6.07) is 8.68. The average Bonchev–Trinajstić information content (AvgIpc) is 3.24. The Morgan fingerprint density at radius 3 is 2.55 bits per heavy atom. The van der Waals surface area contributed by atoms with Crippen LogP contribution in [0.3, 0.4) is 0 Å². The molecule has 3 nitrogen and oxygen atoms in total. The zero-order chi connectivity index (χ0) is 13.5. The monoisotopic (exact) mass is 405 g/mol. The molecule has 0 heterocycles. The van der Waals surface area contributed by atoms with Gasteiger partial charge in [0.05, 0.1) is 0 Å². The maximum absolute atomic E-state index is 4.23. The van der Waals surface area contributed by atoms with Crippen LogP contribution in [0.25, 0.3) is 0 Å². The van der Waals surface area contributed by atoms with E-state index in [0.717, 1.165) is 30.7 Å². The minimum atomic E-state index is 0. The molecule has 20 heavy (non-hydrogen) atoms. The standard InChI is InChI=1S/C15H23N3S.HI/c1-12-3-7-14(8-4-12)19-10-9-17-15(16-2)18-11-13-5-6-13;/h3-4,7-8,13H,5-6,9-11H2,1-2H3,(H2,16,17,18);1H. The molecule has 1 aliphatic rings. The lowest BCUT2D eigenvalue weighted by molar-refractivity contribution is 0.745. The van der Waals surface area contributed by atoms with Gasteiger partial charge in [-0.15, -0.1) is 35.7 Å². The Labute approximate surface area is 143 Å². The van der Waals surface area contributed by atoms with Crippen molar-refractivity contribution >= 4 is 41.7 Å². The van der Waals surface area contributed by atoms with Crippen LogP contribution in [0.5, 0.6) is 0 Å². The van der Waals surface area contributed by atoms with E-state index in [2.05, 4.69) is 46.8 Å². The largest absolute Gasteiger partial charge is 0.356 e. The SMILES string of the molecule is CN=C(NCCSc1ccc(C)cc1)NCC1CC1.I. The average molecular weight is 405 g/mol. The summed E-state index contributed by atoms with van der Waals surface area (Å²) in [5.41, 5.74) is 1.31. The summed E-state index contributed by atoms with van der Waals surface area (Å²) < 4.78 is 0. The van der Waals surface area contributed by atoms with Crippen molar-refractivity contribution in [1.29, 1.82) is 0 Å². The first kappa shape index (κ1) is 17.6. The van der Waals surface area contributed by atoms with Crippen LogP contribution in [-0.4, -0.2) is 31.8 Å². The van der Waals surface area contributed by atoms with Gasteiger partial charge < -0.3 is 10.6 Å². The highest BCUT2D eigenvalue weighted by molar-refractivity contribution is 14.0. The summed E-state index contributed by atoms with van der Waals surface area (Å²) in [4.78, 5) is 5.56. The third-order valence-corrected chi connectivity index (χ3v) is 4.18. The maximum Gasteiger partial charge on any atom is 0.191 e. The molecule has 0 unspecified atom stereocenters. The molecule has 112 valence electrons. The first-order valence-electron chi connectivity index (χ1n) is 6.92. The van der Waals surface area contributed by atoms with Crippen molar-refractivity contribution in [2.75, 3.05) is 25.9 Å². The van der Waals surface area contributed by atoms with Crippen LogP contribution in [0.15, 0.2) is 34.2 Å². The molecule has 0 radical (unpaired) electrons. The molecule has 1 aromatic carbocycles. The third-order valence-electron chi connectivity index (χ3n) is 3.16. The van der Waals surface area contributed by atoms with Gasteiger partial charge in [-0.3, -0.25) is 4.99 Å². The van der Waals surface area contributed by atoms with Crippen molar-refractivity contribution in [2.24, 2.45) is 10.9 Å². The fourth-order valence-electron chi connectivity index (χ4n) is 1.76. The Bertz CT molecular complexity index is 416. The molecule has 1 saturated carbocycles. The van der Waals surface area contributed by atoms with E-state index >= 15 is 0 Å². The van der Waals surface area contributed by atoms with Gasteiger partial charge in [-0.1, -0.05) is 17.7 Å². The molecule has 0 atom stereocenters. The molecular weight excluding hydrogens is 381 g/mol. The highest BCUT2D eigenvalue weighted by Crippen LogP contribution is 2.27. The van der Waals surface area contributed by atoms with Gasteiger partial charge in [0, 0.05) is 30.8 Å². The van der Waals surface area contributed by atoms with E-state index < -0.39 is 0 Å². The van der Waals surface area contributed by atoms with Crippen LogP contribution < -0.4 is 10.6 Å². The molecule has 0 saturated heterocycles. The molecule has 0 bridgehead atoms. The number of hydrogen-bond donors (Lipinski definition) is 2. The fraction of sp³-hybridized carbons (Fsp3) is 0.533. The number of aryl methyl sites for hydroxylation is 1. The van der Waals surface area contributed by atoms with Crippen LogP contribution in [-0.2, 0) is 0 Å². The van der Waals surface area contributed by atoms with Crippen molar-refractivity contribution in [3.05, 3.63) is 29.8 Å². The van der Waals surface area contributed by atoms with Crippen molar-refractivity contribution in [3.63, 3.8) is 0 Å². The predicted octanol–water partition coefficient (Wildman–Crippen LogP) is 3.28. The number of thioether (sulfide) groups is 1. The number of hydrogen-bond acceptors (Lipinski definition) is 2. The number of nitrogens with zero attached hydrogens (tertiary/aromatic N) is 1. The van der Waals surface area contributed by atoms with Crippen LogP contribution in [0, 0.1) is 12.8 Å². The lowest BCUT2D eigenvalue weighted by atomic mass is 10.2. The van der Waals surface area contributed by atoms with Crippen LogP contribution in [0.1, 0.15) is 18.4 Å². The van der Waals surface area contributed by atoms with Gasteiger partial charge in [-0.25, -0.2) is 0 Å². The Morgan fingerprint density at radius 1 is 1.25 bits per heavy atom. The molecular formula is C15H24IN3S. The zero-order valence-electron chi connectivity index (χ0n) is 12.2.